The number of unbranched alkanes of at least 4 members (excludes halogenated alkanes) is 2. The van der Waals surface area contributed by atoms with Crippen molar-refractivity contribution in [2.45, 2.75) is 93.6 Å². The summed E-state index contributed by atoms with van der Waals surface area (Å²) in [7, 11) is 0. The van der Waals surface area contributed by atoms with E-state index in [0.29, 0.717) is 53.7 Å². The van der Waals surface area contributed by atoms with Crippen molar-refractivity contribution in [3.63, 3.8) is 0 Å². The number of hydrogen-bond donors (Lipinski definition) is 2. The van der Waals surface area contributed by atoms with Gasteiger partial charge in [0, 0.05) is 66.4 Å². The molecule has 0 saturated heterocycles. The van der Waals surface area contributed by atoms with Gasteiger partial charge in [0.1, 0.15) is 24.1 Å². The van der Waals surface area contributed by atoms with Crippen LogP contribution in [0.2, 0.25) is 0 Å². The Hall–Kier alpha value is -5.87. The molecule has 69 heavy (non-hydrogen) atoms. The summed E-state index contributed by atoms with van der Waals surface area (Å²) in [6.45, 7) is 5.27. The minimum Gasteiger partial charge on any atom is -0.493 e. The van der Waals surface area contributed by atoms with E-state index in [1.807, 2.05) is 53.4 Å². The van der Waals surface area contributed by atoms with Crippen molar-refractivity contribution in [1.29, 1.82) is 0 Å². The average Bonchev–Trinajstić information content (AvgIpc) is 4.12. The molecule has 364 valence electrons. The minimum atomic E-state index is -1.43. The number of oxime groups is 1. The summed E-state index contributed by atoms with van der Waals surface area (Å²) in [5, 5.41) is 36.5. The number of hydrogen-bond acceptors (Lipinski definition) is 13. The first-order chi connectivity index (χ1) is 33.8. The second kappa shape index (κ2) is 22.3. The van der Waals surface area contributed by atoms with Crippen molar-refractivity contribution in [1.82, 2.24) is 4.90 Å². The van der Waals surface area contributed by atoms with Gasteiger partial charge in [-0.1, -0.05) is 54.4 Å². The zero-order chi connectivity index (χ0) is 47.7. The zero-order valence-electron chi connectivity index (χ0n) is 38.8. The maximum Gasteiger partial charge on any atom is 0.269 e. The number of allylic oxidation sites excluding steroid dienone is 1. The molecule has 0 radical (unpaired) electrons. The number of nitrogens with zero attached hydrogens (tertiary/aromatic N) is 3. The van der Waals surface area contributed by atoms with E-state index in [9.17, 15) is 20.3 Å². The Morgan fingerprint density at radius 3 is 2.43 bits per heavy atom. The van der Waals surface area contributed by atoms with Gasteiger partial charge in [-0.25, -0.2) is 0 Å². The fourth-order valence-electron chi connectivity index (χ4n) is 10.6. The first kappa shape index (κ1) is 48.2. The number of aliphatic hydroxyl groups is 2. The average molecular weight is 960 g/mol. The zero-order valence-corrected chi connectivity index (χ0v) is 39.6. The van der Waals surface area contributed by atoms with Crippen LogP contribution in [0.3, 0.4) is 0 Å². The van der Waals surface area contributed by atoms with Crippen molar-refractivity contribution in [2.24, 2.45) is 28.8 Å². The van der Waals surface area contributed by atoms with Crippen molar-refractivity contribution in [3.05, 3.63) is 142 Å². The van der Waals surface area contributed by atoms with Gasteiger partial charge in [0.2, 0.25) is 18.5 Å². The van der Waals surface area contributed by atoms with Crippen LogP contribution in [0.15, 0.2) is 125 Å². The molecule has 2 saturated carbocycles. The number of aliphatic hydroxyl groups excluding tert-OH is 2. The van der Waals surface area contributed by atoms with E-state index in [4.69, 9.17) is 33.7 Å². The Labute approximate surface area is 407 Å². The molecular weight excluding hydrogens is 899 g/mol. The smallest absolute Gasteiger partial charge is 0.269 e. The predicted octanol–water partition coefficient (Wildman–Crippen LogP) is 9.77. The van der Waals surface area contributed by atoms with E-state index in [1.165, 1.54) is 17.0 Å². The Bertz CT molecular complexity index is 2500. The molecule has 15 heteroatoms. The molecule has 2 heterocycles. The monoisotopic (exact) mass is 959 g/mol. The molecule has 0 bridgehead atoms. The van der Waals surface area contributed by atoms with Gasteiger partial charge in [-0.2, -0.15) is 0 Å². The van der Waals surface area contributed by atoms with Crippen LogP contribution in [-0.2, 0) is 27.5 Å². The topological polar surface area (TPSA) is 172 Å². The molecule has 14 nitrogen and oxygen atoms in total. The van der Waals surface area contributed by atoms with E-state index in [0.717, 1.165) is 61.0 Å². The first-order valence-electron chi connectivity index (χ1n) is 24.2. The third-order valence-corrected chi connectivity index (χ3v) is 14.9. The molecule has 6 atom stereocenters. The van der Waals surface area contributed by atoms with Crippen LogP contribution in [0.4, 0.5) is 5.69 Å². The molecule has 4 aromatic carbocycles. The summed E-state index contributed by atoms with van der Waals surface area (Å²) in [6.07, 6.45) is 10.3. The Morgan fingerprint density at radius 1 is 0.928 bits per heavy atom. The van der Waals surface area contributed by atoms with Crippen molar-refractivity contribution < 1.29 is 48.5 Å². The number of nitro benzene ring substituents is 1. The largest absolute Gasteiger partial charge is 0.493 e. The number of thioether (sulfide) groups is 1. The molecule has 2 fully saturated rings. The highest BCUT2D eigenvalue weighted by Gasteiger charge is 2.66. The van der Waals surface area contributed by atoms with Crippen LogP contribution in [-0.4, -0.2) is 82.5 Å². The van der Waals surface area contributed by atoms with Crippen molar-refractivity contribution >= 4 is 29.1 Å². The second-order valence-electron chi connectivity index (χ2n) is 18.4. The van der Waals surface area contributed by atoms with Gasteiger partial charge in [0.15, 0.2) is 11.5 Å². The normalized spacial score (nSPS) is 23.5. The number of benzene rings is 4. The standard InChI is InChI=1S/C54H61N3O11S/c1-2-26-66-54-50(56(53(60)38-17-18-38)33-37-16-22-48-49(29-37)65-35-64-48)32-46(55-67-34-36-14-19-40(20-15-36)57(61)62)44-30-39(10-6-8-24-58)43(13-7-9-25-59)51(52(44)54)45-31-41(21-23-47(45)68-54)63-27-28-69-42-11-4-3-5-12-42/h2-5,11-12,14-16,19-23,29-31,38-39,43,50-52,58-59H,1,6-10,13,17-18,24-28,32-35H2. The molecule has 4 aromatic rings. The first-order valence-corrected chi connectivity index (χ1v) is 25.2. The molecule has 0 spiro atoms. The van der Waals surface area contributed by atoms with E-state index >= 15 is 4.79 Å². The van der Waals surface area contributed by atoms with Crippen LogP contribution in [0.25, 0.3) is 0 Å². The van der Waals surface area contributed by atoms with Crippen LogP contribution in [0.1, 0.15) is 80.4 Å². The van der Waals surface area contributed by atoms with Gasteiger partial charge >= 0.3 is 0 Å². The van der Waals surface area contributed by atoms with Gasteiger partial charge in [-0.3, -0.25) is 14.9 Å². The summed E-state index contributed by atoms with van der Waals surface area (Å²) in [5.74, 6) is 1.11. The summed E-state index contributed by atoms with van der Waals surface area (Å²) >= 11 is 1.73. The van der Waals surface area contributed by atoms with Crippen LogP contribution < -0.4 is 18.9 Å². The van der Waals surface area contributed by atoms with E-state index < -0.39 is 22.7 Å². The highest BCUT2D eigenvalue weighted by atomic mass is 32.2. The second-order valence-corrected chi connectivity index (χ2v) is 19.6. The third kappa shape index (κ3) is 10.8. The lowest BCUT2D eigenvalue weighted by atomic mass is 9.55. The summed E-state index contributed by atoms with van der Waals surface area (Å²) in [4.78, 5) is 35.4. The lowest BCUT2D eigenvalue weighted by Gasteiger charge is -2.60. The molecule has 1 amide bonds. The molecule has 0 aromatic heterocycles. The maximum absolute atomic E-state index is 15.0. The number of non-ortho nitro benzene ring substituents is 1. The fraction of sp³-hybridized carbons (Fsp3) is 0.444. The number of amides is 1. The van der Waals surface area contributed by atoms with Crippen molar-refractivity contribution in [2.75, 3.05) is 39.0 Å². The highest BCUT2D eigenvalue weighted by Crippen LogP contribution is 2.62. The molecule has 3 aliphatic carbocycles. The Balaban J connectivity index is 1.18. The Morgan fingerprint density at radius 2 is 1.68 bits per heavy atom. The van der Waals surface area contributed by atoms with Gasteiger partial charge < -0.3 is 43.6 Å². The minimum absolute atomic E-state index is 0.00178. The van der Waals surface area contributed by atoms with Gasteiger partial charge in [-0.05, 0) is 122 Å². The quantitative estimate of drug-likeness (QED) is 0.0224. The molecule has 2 aliphatic heterocycles. The molecular formula is C54H61N3O11S. The summed E-state index contributed by atoms with van der Waals surface area (Å²) < 4.78 is 32.7. The molecule has 6 unspecified atom stereocenters. The van der Waals surface area contributed by atoms with Gasteiger partial charge in [-0.15, -0.1) is 18.3 Å². The predicted molar refractivity (Wildman–Crippen MR) is 261 cm³/mol. The number of rotatable bonds is 24. The highest BCUT2D eigenvalue weighted by molar-refractivity contribution is 7.99. The van der Waals surface area contributed by atoms with Crippen LogP contribution >= 0.6 is 11.8 Å². The summed E-state index contributed by atoms with van der Waals surface area (Å²) in [6, 6.07) is 27.6. The fourth-order valence-corrected chi connectivity index (χ4v) is 11.4. The summed E-state index contributed by atoms with van der Waals surface area (Å²) in [5.41, 5.74) is 4.09. The Kier molecular flexibility index (Phi) is 15.5. The number of carbonyl (C=O) groups is 1. The van der Waals surface area contributed by atoms with Crippen LogP contribution in [0, 0.1) is 33.8 Å². The van der Waals surface area contributed by atoms with E-state index in [2.05, 4.69) is 30.9 Å². The molecule has 9 rings (SSSR count). The molecule has 5 aliphatic rings. The lowest BCUT2D eigenvalue weighted by molar-refractivity contribution is -0.384. The van der Waals surface area contributed by atoms with Gasteiger partial charge in [0.05, 0.1) is 29.8 Å². The number of ether oxygens (including phenoxy) is 5. The number of carbonyl (C=O) groups excluding carboxylic acids is 1. The maximum atomic E-state index is 15.0. The SMILES string of the molecule is C=CCOC12Oc3ccc(OCCSc4ccccc4)cc3C3C(CCCCO)C(CCCCO)C=C(C(=NOCc4ccc([N+](=O)[O-])cc4)CC1N(Cc1ccc4c(c1)OCO4)C(=O)C1CC1)C32. The third-order valence-electron chi connectivity index (χ3n) is 13.9. The number of nitro groups is 1. The van der Waals surface area contributed by atoms with E-state index in [-0.39, 0.29) is 81.5 Å². The molecule has 2 N–H and O–H groups in total. The number of fused-ring (bicyclic) bond motifs is 3. The van der Waals surface area contributed by atoms with Crippen LogP contribution in [0.5, 0.6) is 23.0 Å². The lowest BCUT2D eigenvalue weighted by Crippen LogP contribution is -2.70. The van der Waals surface area contributed by atoms with Crippen molar-refractivity contribution in [3.8, 4) is 23.0 Å². The van der Waals surface area contributed by atoms with Gasteiger partial charge in [0.25, 0.3) is 5.69 Å². The van der Waals surface area contributed by atoms with E-state index in [1.54, 1.807) is 30.0 Å².